The number of fused-ring (bicyclic) bond motifs is 1. The first-order chi connectivity index (χ1) is 21.7. The SMILES string of the molecule is O=C(O)c1cccc(S(=O)(=O)N2CCC(c3nn(C4CC4)c4ccc(C(c5ccc(Cl)cc5)c5ccc(Cl)cc5)cc34)CC2)c1. The lowest BCUT2D eigenvalue weighted by Gasteiger charge is -2.30. The lowest BCUT2D eigenvalue weighted by Crippen LogP contribution is -2.38. The van der Waals surface area contributed by atoms with Crippen LogP contribution >= 0.6 is 23.2 Å². The first-order valence-electron chi connectivity index (χ1n) is 15.1. The monoisotopic (exact) mass is 659 g/mol. The third-order valence-electron chi connectivity index (χ3n) is 8.95. The average Bonchev–Trinajstić information content (AvgIpc) is 3.83. The van der Waals surface area contributed by atoms with Gasteiger partial charge in [-0.25, -0.2) is 13.2 Å². The summed E-state index contributed by atoms with van der Waals surface area (Å²) in [7, 11) is -3.82. The van der Waals surface area contributed by atoms with Crippen LogP contribution in [0, 0.1) is 0 Å². The van der Waals surface area contributed by atoms with Gasteiger partial charge in [0.2, 0.25) is 10.0 Å². The normalized spacial score (nSPS) is 16.4. The van der Waals surface area contributed by atoms with Crippen LogP contribution in [-0.2, 0) is 10.0 Å². The van der Waals surface area contributed by atoms with E-state index in [-0.39, 0.29) is 22.3 Å². The van der Waals surface area contributed by atoms with E-state index in [0.717, 1.165) is 46.1 Å². The fraction of sp³-hybridized carbons (Fsp3) is 0.257. The fourth-order valence-corrected chi connectivity index (χ4v) is 8.23. The maximum absolute atomic E-state index is 13.4. The number of carboxylic acids is 1. The molecule has 2 fully saturated rings. The largest absolute Gasteiger partial charge is 0.478 e. The van der Waals surface area contributed by atoms with E-state index in [4.69, 9.17) is 28.3 Å². The summed E-state index contributed by atoms with van der Waals surface area (Å²) in [6.45, 7) is 0.667. The van der Waals surface area contributed by atoms with Crippen molar-refractivity contribution in [1.29, 1.82) is 0 Å². The maximum Gasteiger partial charge on any atom is 0.335 e. The highest BCUT2D eigenvalue weighted by atomic mass is 35.5. The molecule has 0 bridgehead atoms. The van der Waals surface area contributed by atoms with Crippen LogP contribution in [0.15, 0.2) is 95.9 Å². The zero-order valence-corrected chi connectivity index (χ0v) is 26.6. The molecule has 7 rings (SSSR count). The van der Waals surface area contributed by atoms with Gasteiger partial charge in [-0.1, -0.05) is 59.6 Å². The first-order valence-corrected chi connectivity index (χ1v) is 17.2. The van der Waals surface area contributed by atoms with Crippen LogP contribution in [0.4, 0.5) is 0 Å². The predicted molar refractivity (Wildman–Crippen MR) is 176 cm³/mol. The second-order valence-electron chi connectivity index (χ2n) is 11.9. The first kappa shape index (κ1) is 30.0. The van der Waals surface area contributed by atoms with Crippen molar-refractivity contribution >= 4 is 50.1 Å². The Morgan fingerprint density at radius 1 is 0.800 bits per heavy atom. The molecule has 1 N–H and O–H groups in total. The number of benzene rings is 4. The summed E-state index contributed by atoms with van der Waals surface area (Å²) >= 11 is 12.5. The molecule has 1 aliphatic heterocycles. The van der Waals surface area contributed by atoms with Crippen LogP contribution in [-0.4, -0.2) is 46.7 Å². The standard InChI is InChI=1S/C35H31Cl2N3O4S/c36-27-9-4-22(5-10-27)33(23-6-11-28(37)12-7-23)25-8-15-32-31(21-25)34(38-40(32)29-13-14-29)24-16-18-39(19-17-24)45(43,44)30-3-1-2-26(20-30)35(41)42/h1-12,15,20-21,24,29,33H,13-14,16-19H2,(H,41,42). The molecule has 1 saturated carbocycles. The molecular formula is C35H31Cl2N3O4S. The Hall–Kier alpha value is -3.69. The summed E-state index contributed by atoms with van der Waals surface area (Å²) in [5.74, 6) is -1.11. The van der Waals surface area contributed by atoms with Crippen LogP contribution < -0.4 is 0 Å². The Labute approximate surface area is 272 Å². The van der Waals surface area contributed by atoms with Crippen LogP contribution in [0.1, 0.15) is 76.3 Å². The van der Waals surface area contributed by atoms with Crippen molar-refractivity contribution in [2.75, 3.05) is 13.1 Å². The molecule has 5 aromatic rings. The smallest absolute Gasteiger partial charge is 0.335 e. The highest BCUT2D eigenvalue weighted by Gasteiger charge is 2.34. The molecule has 2 heterocycles. The number of halogens is 2. The number of hydrogen-bond donors (Lipinski definition) is 1. The van der Waals surface area contributed by atoms with Crippen molar-refractivity contribution in [1.82, 2.24) is 14.1 Å². The number of aromatic nitrogens is 2. The van der Waals surface area contributed by atoms with Crippen molar-refractivity contribution in [2.45, 2.75) is 48.5 Å². The van der Waals surface area contributed by atoms with Gasteiger partial charge in [-0.2, -0.15) is 9.40 Å². The van der Waals surface area contributed by atoms with Gasteiger partial charge in [-0.3, -0.25) is 4.68 Å². The van der Waals surface area contributed by atoms with Gasteiger partial charge in [0, 0.05) is 40.4 Å². The lowest BCUT2D eigenvalue weighted by molar-refractivity contribution is 0.0696. The molecular weight excluding hydrogens is 629 g/mol. The summed E-state index contributed by atoms with van der Waals surface area (Å²) in [6.07, 6.45) is 3.44. The minimum absolute atomic E-state index is 0.00407. The second-order valence-corrected chi connectivity index (χ2v) is 14.7. The van der Waals surface area contributed by atoms with Crippen LogP contribution in [0.25, 0.3) is 10.9 Å². The van der Waals surface area contributed by atoms with Crippen LogP contribution in [0.3, 0.4) is 0 Å². The van der Waals surface area contributed by atoms with Gasteiger partial charge in [0.1, 0.15) is 0 Å². The Bertz CT molecular complexity index is 1950. The van der Waals surface area contributed by atoms with Crippen molar-refractivity contribution in [3.8, 4) is 0 Å². The van der Waals surface area contributed by atoms with Gasteiger partial charge in [0.15, 0.2) is 0 Å². The van der Waals surface area contributed by atoms with Gasteiger partial charge in [-0.15, -0.1) is 0 Å². The van der Waals surface area contributed by atoms with E-state index in [9.17, 15) is 18.3 Å². The molecule has 0 atom stereocenters. The summed E-state index contributed by atoms with van der Waals surface area (Å²) in [5.41, 5.74) is 5.42. The Morgan fingerprint density at radius 2 is 1.40 bits per heavy atom. The maximum atomic E-state index is 13.4. The molecule has 45 heavy (non-hydrogen) atoms. The van der Waals surface area contributed by atoms with Crippen molar-refractivity contribution < 1.29 is 18.3 Å². The summed E-state index contributed by atoms with van der Waals surface area (Å²) in [6, 6.07) is 28.4. The third kappa shape index (κ3) is 5.88. The molecule has 10 heteroatoms. The topological polar surface area (TPSA) is 92.5 Å². The number of sulfonamides is 1. The van der Waals surface area contributed by atoms with E-state index in [1.807, 2.05) is 24.3 Å². The van der Waals surface area contributed by atoms with Crippen molar-refractivity contribution in [2.24, 2.45) is 0 Å². The molecule has 230 valence electrons. The second kappa shape index (κ2) is 11.9. The van der Waals surface area contributed by atoms with Crippen molar-refractivity contribution in [3.63, 3.8) is 0 Å². The third-order valence-corrected chi connectivity index (χ3v) is 11.3. The molecule has 0 unspecified atom stereocenters. The number of carbonyl (C=O) groups is 1. The molecule has 2 aliphatic rings. The molecule has 7 nitrogen and oxygen atoms in total. The van der Waals surface area contributed by atoms with E-state index in [1.165, 1.54) is 28.6 Å². The Balaban J connectivity index is 1.23. The summed E-state index contributed by atoms with van der Waals surface area (Å²) in [5, 5.41) is 17.0. The zero-order valence-electron chi connectivity index (χ0n) is 24.3. The average molecular weight is 661 g/mol. The molecule has 0 spiro atoms. The van der Waals surface area contributed by atoms with Gasteiger partial charge in [0.05, 0.1) is 27.7 Å². The fourth-order valence-electron chi connectivity index (χ4n) is 6.46. The summed E-state index contributed by atoms with van der Waals surface area (Å²) in [4.78, 5) is 11.4. The van der Waals surface area contributed by atoms with Crippen LogP contribution in [0.2, 0.25) is 10.0 Å². The van der Waals surface area contributed by atoms with Gasteiger partial charge < -0.3 is 5.11 Å². The number of nitrogens with zero attached hydrogens (tertiary/aromatic N) is 3. The minimum Gasteiger partial charge on any atom is -0.478 e. The van der Waals surface area contributed by atoms with Crippen LogP contribution in [0.5, 0.6) is 0 Å². The number of carboxylic acid groups (broad SMARTS) is 1. The Kier molecular flexibility index (Phi) is 7.94. The molecule has 4 aromatic carbocycles. The molecule has 0 amide bonds. The molecule has 0 radical (unpaired) electrons. The molecule has 1 saturated heterocycles. The quantitative estimate of drug-likeness (QED) is 0.170. The van der Waals surface area contributed by atoms with Crippen molar-refractivity contribution in [3.05, 3.63) is 129 Å². The number of hydrogen-bond acceptors (Lipinski definition) is 4. The highest BCUT2D eigenvalue weighted by molar-refractivity contribution is 7.89. The van der Waals surface area contributed by atoms with Gasteiger partial charge in [0.25, 0.3) is 0 Å². The van der Waals surface area contributed by atoms with E-state index < -0.39 is 16.0 Å². The number of aromatic carboxylic acids is 1. The van der Waals surface area contributed by atoms with E-state index >= 15 is 0 Å². The van der Waals surface area contributed by atoms with Gasteiger partial charge in [-0.05, 0) is 97.0 Å². The molecule has 1 aromatic heterocycles. The predicted octanol–water partition coefficient (Wildman–Crippen LogP) is 8.12. The molecule has 1 aliphatic carbocycles. The Morgan fingerprint density at radius 3 is 1.98 bits per heavy atom. The minimum atomic E-state index is -3.82. The van der Waals surface area contributed by atoms with Gasteiger partial charge >= 0.3 is 5.97 Å². The highest BCUT2D eigenvalue weighted by Crippen LogP contribution is 2.43. The lowest BCUT2D eigenvalue weighted by atomic mass is 9.84. The van der Waals surface area contributed by atoms with E-state index in [2.05, 4.69) is 47.1 Å². The van der Waals surface area contributed by atoms with E-state index in [0.29, 0.717) is 42.0 Å². The van der Waals surface area contributed by atoms with E-state index in [1.54, 1.807) is 0 Å². The number of piperidine rings is 1. The zero-order chi connectivity index (χ0) is 31.3. The number of rotatable bonds is 8. The summed E-state index contributed by atoms with van der Waals surface area (Å²) < 4.78 is 30.5.